The van der Waals surface area contributed by atoms with E-state index in [4.69, 9.17) is 15.2 Å². The van der Waals surface area contributed by atoms with Crippen molar-refractivity contribution in [3.8, 4) is 11.5 Å². The predicted molar refractivity (Wildman–Crippen MR) is 72.3 cm³/mol. The SMILES string of the molecule is COc1ccccc1OCC(=O)N1CCCC1CN. The molecule has 0 bridgehead atoms. The lowest BCUT2D eigenvalue weighted by atomic mass is 10.2. The van der Waals surface area contributed by atoms with Gasteiger partial charge in [0.05, 0.1) is 7.11 Å². The van der Waals surface area contributed by atoms with Crippen LogP contribution in [0.15, 0.2) is 24.3 Å². The summed E-state index contributed by atoms with van der Waals surface area (Å²) in [5.41, 5.74) is 5.66. The fourth-order valence-electron chi connectivity index (χ4n) is 2.37. The Bertz CT molecular complexity index is 436. The topological polar surface area (TPSA) is 64.8 Å². The molecule has 1 aliphatic heterocycles. The Labute approximate surface area is 113 Å². The van der Waals surface area contributed by atoms with Crippen molar-refractivity contribution >= 4 is 5.91 Å². The predicted octanol–water partition coefficient (Wildman–Crippen LogP) is 1.02. The maximum atomic E-state index is 12.1. The molecule has 5 nitrogen and oxygen atoms in total. The summed E-state index contributed by atoms with van der Waals surface area (Å²) in [6, 6.07) is 7.46. The van der Waals surface area contributed by atoms with E-state index in [0.717, 1.165) is 19.4 Å². The maximum absolute atomic E-state index is 12.1. The monoisotopic (exact) mass is 264 g/mol. The Morgan fingerprint density at radius 3 is 2.84 bits per heavy atom. The van der Waals surface area contributed by atoms with Crippen molar-refractivity contribution in [3.05, 3.63) is 24.3 Å². The van der Waals surface area contributed by atoms with E-state index >= 15 is 0 Å². The number of amides is 1. The normalized spacial score (nSPS) is 18.4. The number of methoxy groups -OCH3 is 1. The summed E-state index contributed by atoms with van der Waals surface area (Å²) in [6.07, 6.45) is 2.00. The zero-order chi connectivity index (χ0) is 13.7. The third-order valence-corrected chi connectivity index (χ3v) is 3.39. The summed E-state index contributed by atoms with van der Waals surface area (Å²) < 4.78 is 10.7. The van der Waals surface area contributed by atoms with E-state index in [1.54, 1.807) is 19.2 Å². The molecule has 2 rings (SSSR count). The van der Waals surface area contributed by atoms with Crippen LogP contribution in [0.5, 0.6) is 11.5 Å². The van der Waals surface area contributed by atoms with Crippen LogP contribution in [0.2, 0.25) is 0 Å². The zero-order valence-corrected chi connectivity index (χ0v) is 11.2. The van der Waals surface area contributed by atoms with Crippen LogP contribution in [0, 0.1) is 0 Å². The third-order valence-electron chi connectivity index (χ3n) is 3.39. The number of hydrogen-bond acceptors (Lipinski definition) is 4. The molecular weight excluding hydrogens is 244 g/mol. The number of ether oxygens (including phenoxy) is 2. The summed E-state index contributed by atoms with van der Waals surface area (Å²) >= 11 is 0. The Hall–Kier alpha value is -1.75. The van der Waals surface area contributed by atoms with Gasteiger partial charge in [0.1, 0.15) is 0 Å². The molecule has 1 atom stereocenters. The van der Waals surface area contributed by atoms with Crippen molar-refractivity contribution in [2.24, 2.45) is 5.73 Å². The highest BCUT2D eigenvalue weighted by Crippen LogP contribution is 2.26. The van der Waals surface area contributed by atoms with Crippen LogP contribution in [0.1, 0.15) is 12.8 Å². The van der Waals surface area contributed by atoms with E-state index in [0.29, 0.717) is 18.0 Å². The Balaban J connectivity index is 1.93. The second-order valence-corrected chi connectivity index (χ2v) is 4.56. The molecule has 1 heterocycles. The second kappa shape index (κ2) is 6.43. The van der Waals surface area contributed by atoms with Gasteiger partial charge in [0, 0.05) is 19.1 Å². The van der Waals surface area contributed by atoms with Crippen LogP contribution in [-0.4, -0.2) is 43.7 Å². The summed E-state index contributed by atoms with van der Waals surface area (Å²) in [4.78, 5) is 13.9. The molecule has 19 heavy (non-hydrogen) atoms. The average molecular weight is 264 g/mol. The van der Waals surface area contributed by atoms with Gasteiger partial charge in [-0.05, 0) is 25.0 Å². The van der Waals surface area contributed by atoms with Crippen LogP contribution in [0.25, 0.3) is 0 Å². The van der Waals surface area contributed by atoms with Crippen molar-refractivity contribution in [2.45, 2.75) is 18.9 Å². The van der Waals surface area contributed by atoms with E-state index in [1.807, 2.05) is 17.0 Å². The summed E-state index contributed by atoms with van der Waals surface area (Å²) in [7, 11) is 1.58. The van der Waals surface area contributed by atoms with Crippen molar-refractivity contribution in [1.29, 1.82) is 0 Å². The minimum atomic E-state index is -0.0149. The molecular formula is C14H20N2O3. The molecule has 1 saturated heterocycles. The van der Waals surface area contributed by atoms with Gasteiger partial charge < -0.3 is 20.1 Å². The first-order valence-corrected chi connectivity index (χ1v) is 6.51. The summed E-state index contributed by atoms with van der Waals surface area (Å²) in [6.45, 7) is 1.31. The zero-order valence-electron chi connectivity index (χ0n) is 11.2. The average Bonchev–Trinajstić information content (AvgIpc) is 2.93. The third kappa shape index (κ3) is 3.17. The number of carbonyl (C=O) groups is 1. The van der Waals surface area contributed by atoms with E-state index in [2.05, 4.69) is 0 Å². The molecule has 1 aromatic rings. The largest absolute Gasteiger partial charge is 0.493 e. The molecule has 1 unspecified atom stereocenters. The number of nitrogens with two attached hydrogens (primary N) is 1. The first kappa shape index (κ1) is 13.7. The number of nitrogens with zero attached hydrogens (tertiary/aromatic N) is 1. The number of para-hydroxylation sites is 2. The van der Waals surface area contributed by atoms with Gasteiger partial charge in [-0.25, -0.2) is 0 Å². The highest BCUT2D eigenvalue weighted by molar-refractivity contribution is 5.78. The van der Waals surface area contributed by atoms with E-state index < -0.39 is 0 Å². The van der Waals surface area contributed by atoms with Crippen molar-refractivity contribution in [1.82, 2.24) is 4.90 Å². The van der Waals surface area contributed by atoms with Gasteiger partial charge in [-0.15, -0.1) is 0 Å². The van der Waals surface area contributed by atoms with Crippen LogP contribution in [0.4, 0.5) is 0 Å². The highest BCUT2D eigenvalue weighted by Gasteiger charge is 2.27. The van der Waals surface area contributed by atoms with Gasteiger partial charge in [-0.1, -0.05) is 12.1 Å². The van der Waals surface area contributed by atoms with Gasteiger partial charge in [0.25, 0.3) is 5.91 Å². The second-order valence-electron chi connectivity index (χ2n) is 4.56. The minimum Gasteiger partial charge on any atom is -0.493 e. The number of hydrogen-bond donors (Lipinski definition) is 1. The molecule has 0 aromatic heterocycles. The van der Waals surface area contributed by atoms with Gasteiger partial charge >= 0.3 is 0 Å². The van der Waals surface area contributed by atoms with Gasteiger partial charge in [-0.2, -0.15) is 0 Å². The Morgan fingerprint density at radius 2 is 2.16 bits per heavy atom. The molecule has 0 spiro atoms. The quantitative estimate of drug-likeness (QED) is 0.862. The van der Waals surface area contributed by atoms with Gasteiger partial charge in [0.2, 0.25) is 0 Å². The molecule has 1 aliphatic rings. The molecule has 1 aromatic carbocycles. The lowest BCUT2D eigenvalue weighted by Gasteiger charge is -2.23. The maximum Gasteiger partial charge on any atom is 0.260 e. The van der Waals surface area contributed by atoms with Crippen molar-refractivity contribution in [3.63, 3.8) is 0 Å². The minimum absolute atomic E-state index is 0.0149. The number of likely N-dealkylation sites (tertiary alicyclic amines) is 1. The molecule has 0 radical (unpaired) electrons. The van der Waals surface area contributed by atoms with Crippen LogP contribution in [0.3, 0.4) is 0 Å². The van der Waals surface area contributed by atoms with Crippen LogP contribution >= 0.6 is 0 Å². The lowest BCUT2D eigenvalue weighted by molar-refractivity contribution is -0.134. The number of carbonyl (C=O) groups excluding carboxylic acids is 1. The molecule has 0 saturated carbocycles. The lowest BCUT2D eigenvalue weighted by Crippen LogP contribution is -2.42. The van der Waals surface area contributed by atoms with Crippen LogP contribution in [-0.2, 0) is 4.79 Å². The first-order valence-electron chi connectivity index (χ1n) is 6.51. The molecule has 5 heteroatoms. The van der Waals surface area contributed by atoms with Gasteiger partial charge in [0.15, 0.2) is 18.1 Å². The summed E-state index contributed by atoms with van der Waals surface area (Å²) in [5.74, 6) is 1.20. The number of rotatable bonds is 5. The Morgan fingerprint density at radius 1 is 1.42 bits per heavy atom. The van der Waals surface area contributed by atoms with Crippen molar-refractivity contribution in [2.75, 3.05) is 26.8 Å². The standard InChI is InChI=1S/C14H20N2O3/c1-18-12-6-2-3-7-13(12)19-10-14(17)16-8-4-5-11(16)9-15/h2-3,6-7,11H,4-5,8-10,15H2,1H3. The highest BCUT2D eigenvalue weighted by atomic mass is 16.5. The molecule has 0 aliphatic carbocycles. The molecule has 1 fully saturated rings. The van der Waals surface area contributed by atoms with E-state index in [-0.39, 0.29) is 18.6 Å². The summed E-state index contributed by atoms with van der Waals surface area (Å²) in [5, 5.41) is 0. The van der Waals surface area contributed by atoms with E-state index in [1.165, 1.54) is 0 Å². The number of benzene rings is 1. The Kier molecular flexibility index (Phi) is 4.63. The fourth-order valence-corrected chi connectivity index (χ4v) is 2.37. The molecule has 2 N–H and O–H groups in total. The van der Waals surface area contributed by atoms with Crippen molar-refractivity contribution < 1.29 is 14.3 Å². The molecule has 104 valence electrons. The molecule has 1 amide bonds. The first-order chi connectivity index (χ1) is 9.26. The fraction of sp³-hybridized carbons (Fsp3) is 0.500. The van der Waals surface area contributed by atoms with Gasteiger partial charge in [-0.3, -0.25) is 4.79 Å². The van der Waals surface area contributed by atoms with Crippen LogP contribution < -0.4 is 15.2 Å². The smallest absolute Gasteiger partial charge is 0.260 e. The van der Waals surface area contributed by atoms with E-state index in [9.17, 15) is 4.79 Å².